The smallest absolute Gasteiger partial charge is 0.318 e. The van der Waals surface area contributed by atoms with E-state index in [1.165, 1.54) is 6.92 Å². The molecular formula is C25H25NO4. The van der Waals surface area contributed by atoms with Crippen LogP contribution in [-0.4, -0.2) is 18.9 Å². The Morgan fingerprint density at radius 2 is 1.80 bits per heavy atom. The zero-order valence-corrected chi connectivity index (χ0v) is 17.3. The minimum atomic E-state index is -0.636. The summed E-state index contributed by atoms with van der Waals surface area (Å²) < 4.78 is 10.6. The van der Waals surface area contributed by atoms with Crippen molar-refractivity contribution in [3.8, 4) is 11.8 Å². The average molecular weight is 403 g/mol. The van der Waals surface area contributed by atoms with Gasteiger partial charge in [0.2, 0.25) is 0 Å². The first-order valence-electron chi connectivity index (χ1n) is 9.59. The molecule has 0 aliphatic rings. The number of ether oxygens (including phenoxy) is 2. The number of carbonyl (C=O) groups is 2. The Morgan fingerprint density at radius 1 is 1.13 bits per heavy atom. The summed E-state index contributed by atoms with van der Waals surface area (Å²) in [5.74, 6) is -0.408. The van der Waals surface area contributed by atoms with Crippen LogP contribution in [0.3, 0.4) is 0 Å². The molecule has 0 fully saturated rings. The third kappa shape index (κ3) is 7.06. The Balaban J connectivity index is 2.28. The zero-order chi connectivity index (χ0) is 21.9. The number of rotatable bonds is 10. The topological polar surface area (TPSA) is 76.4 Å². The molecule has 0 bridgehead atoms. The van der Waals surface area contributed by atoms with Gasteiger partial charge in [-0.2, -0.15) is 5.26 Å². The number of nitrogens with zero attached hydrogens (tertiary/aromatic N) is 1. The van der Waals surface area contributed by atoms with E-state index in [2.05, 4.69) is 12.6 Å². The molecule has 2 rings (SSSR count). The van der Waals surface area contributed by atoms with Crippen LogP contribution >= 0.6 is 0 Å². The van der Waals surface area contributed by atoms with Gasteiger partial charge < -0.3 is 9.47 Å². The van der Waals surface area contributed by atoms with Crippen molar-refractivity contribution in [1.82, 2.24) is 0 Å². The first-order valence-corrected chi connectivity index (χ1v) is 9.59. The van der Waals surface area contributed by atoms with Crippen molar-refractivity contribution in [2.24, 2.45) is 0 Å². The number of nitriles is 1. The summed E-state index contributed by atoms with van der Waals surface area (Å²) in [6.07, 6.45) is 4.20. The van der Waals surface area contributed by atoms with Crippen molar-refractivity contribution >= 4 is 17.8 Å². The van der Waals surface area contributed by atoms with E-state index < -0.39 is 11.9 Å². The maximum atomic E-state index is 12.1. The molecule has 30 heavy (non-hydrogen) atoms. The Kier molecular flexibility index (Phi) is 8.58. The standard InChI is InChI=1S/C25H25NO4/c1-4-5-19-6-8-20(9-7-19)15-24(30-25(28)14-18(2)27)16-22(17-26)21-10-12-23(29-3)13-11-21/h4,6-13,15,22H,1,5,14,16H2,2-3H3/b24-15-. The van der Waals surface area contributed by atoms with Crippen molar-refractivity contribution in [3.05, 3.63) is 83.6 Å². The summed E-state index contributed by atoms with van der Waals surface area (Å²) in [7, 11) is 1.58. The molecule has 0 aliphatic carbocycles. The molecule has 0 radical (unpaired) electrons. The number of methoxy groups -OCH3 is 1. The molecule has 5 heteroatoms. The van der Waals surface area contributed by atoms with E-state index in [1.54, 1.807) is 25.3 Å². The summed E-state index contributed by atoms with van der Waals surface area (Å²) >= 11 is 0. The normalized spacial score (nSPS) is 11.8. The Bertz CT molecular complexity index is 950. The lowest BCUT2D eigenvalue weighted by Crippen LogP contribution is -2.10. The van der Waals surface area contributed by atoms with Gasteiger partial charge in [-0.15, -0.1) is 6.58 Å². The molecule has 0 amide bonds. The summed E-state index contributed by atoms with van der Waals surface area (Å²) in [5.41, 5.74) is 2.73. The van der Waals surface area contributed by atoms with E-state index in [9.17, 15) is 14.9 Å². The van der Waals surface area contributed by atoms with Gasteiger partial charge in [-0.3, -0.25) is 9.59 Å². The maximum absolute atomic E-state index is 12.1. The van der Waals surface area contributed by atoms with Crippen molar-refractivity contribution in [1.29, 1.82) is 5.26 Å². The van der Waals surface area contributed by atoms with Gasteiger partial charge in [0.1, 0.15) is 23.7 Å². The van der Waals surface area contributed by atoms with Crippen LogP contribution in [0.2, 0.25) is 0 Å². The zero-order valence-electron chi connectivity index (χ0n) is 17.3. The van der Waals surface area contributed by atoms with Gasteiger partial charge in [-0.25, -0.2) is 0 Å². The third-order valence-electron chi connectivity index (χ3n) is 4.40. The fourth-order valence-corrected chi connectivity index (χ4v) is 2.89. The number of Topliss-reactive ketones (excluding diaryl/α,β-unsaturated/α-hetero) is 1. The fourth-order valence-electron chi connectivity index (χ4n) is 2.89. The highest BCUT2D eigenvalue weighted by Gasteiger charge is 2.18. The number of allylic oxidation sites excluding steroid dienone is 2. The quantitative estimate of drug-likeness (QED) is 0.242. The molecule has 0 saturated carbocycles. The minimum absolute atomic E-state index is 0.195. The van der Waals surface area contributed by atoms with Crippen LogP contribution in [0.5, 0.6) is 5.75 Å². The van der Waals surface area contributed by atoms with E-state index in [4.69, 9.17) is 9.47 Å². The van der Waals surface area contributed by atoms with Crippen LogP contribution in [0, 0.1) is 11.3 Å². The van der Waals surface area contributed by atoms with Gasteiger partial charge in [0, 0.05) is 6.42 Å². The van der Waals surface area contributed by atoms with E-state index >= 15 is 0 Å². The van der Waals surface area contributed by atoms with E-state index in [-0.39, 0.29) is 18.6 Å². The summed E-state index contributed by atoms with van der Waals surface area (Å²) in [6.45, 7) is 5.06. The highest BCUT2D eigenvalue weighted by molar-refractivity contribution is 5.94. The van der Waals surface area contributed by atoms with Gasteiger partial charge >= 0.3 is 5.97 Å². The Hall–Kier alpha value is -3.65. The highest BCUT2D eigenvalue weighted by atomic mass is 16.5. The van der Waals surface area contributed by atoms with Crippen molar-refractivity contribution in [2.45, 2.75) is 32.1 Å². The molecule has 2 aromatic carbocycles. The number of hydrogen-bond acceptors (Lipinski definition) is 5. The molecule has 2 aromatic rings. The van der Waals surface area contributed by atoms with E-state index in [0.717, 1.165) is 23.1 Å². The molecule has 5 nitrogen and oxygen atoms in total. The minimum Gasteiger partial charge on any atom is -0.497 e. The third-order valence-corrected chi connectivity index (χ3v) is 4.40. The van der Waals surface area contributed by atoms with Gasteiger partial charge in [0.25, 0.3) is 0 Å². The SMILES string of the molecule is C=CCc1ccc(/C=C(/CC(C#N)c2ccc(OC)cc2)OC(=O)CC(C)=O)cc1. The van der Waals surface area contributed by atoms with Gasteiger partial charge in [0.05, 0.1) is 19.1 Å². The van der Waals surface area contributed by atoms with E-state index in [0.29, 0.717) is 11.5 Å². The number of hydrogen-bond donors (Lipinski definition) is 0. The molecule has 1 unspecified atom stereocenters. The number of benzene rings is 2. The molecule has 0 aromatic heterocycles. The second-order valence-electron chi connectivity index (χ2n) is 6.86. The van der Waals surface area contributed by atoms with Gasteiger partial charge in [-0.05, 0) is 48.2 Å². The first-order chi connectivity index (χ1) is 14.4. The summed E-state index contributed by atoms with van der Waals surface area (Å²) in [5, 5.41) is 9.68. The predicted octanol–water partition coefficient (Wildman–Crippen LogP) is 4.98. The molecule has 1 atom stereocenters. The second-order valence-corrected chi connectivity index (χ2v) is 6.86. The van der Waals surface area contributed by atoms with Crippen LogP contribution in [-0.2, 0) is 20.7 Å². The molecule has 0 saturated heterocycles. The lowest BCUT2D eigenvalue weighted by atomic mass is 9.95. The molecule has 0 aliphatic heterocycles. The number of ketones is 1. The number of esters is 1. The summed E-state index contributed by atoms with van der Waals surface area (Å²) in [6, 6.07) is 17.2. The monoisotopic (exact) mass is 403 g/mol. The van der Waals surface area contributed by atoms with Crippen molar-refractivity contribution in [2.75, 3.05) is 7.11 Å². The van der Waals surface area contributed by atoms with Crippen LogP contribution in [0.4, 0.5) is 0 Å². The first kappa shape index (κ1) is 22.6. The van der Waals surface area contributed by atoms with Crippen LogP contribution in [0.15, 0.2) is 66.9 Å². The van der Waals surface area contributed by atoms with Gasteiger partial charge in [0.15, 0.2) is 0 Å². The van der Waals surface area contributed by atoms with Crippen LogP contribution < -0.4 is 4.74 Å². The van der Waals surface area contributed by atoms with Crippen LogP contribution in [0.25, 0.3) is 6.08 Å². The molecule has 0 N–H and O–H groups in total. The van der Waals surface area contributed by atoms with Crippen LogP contribution in [0.1, 0.15) is 42.4 Å². The molecule has 0 heterocycles. The van der Waals surface area contributed by atoms with E-state index in [1.807, 2.05) is 42.5 Å². The molecule has 0 spiro atoms. The fraction of sp³-hybridized carbons (Fsp3) is 0.240. The summed E-state index contributed by atoms with van der Waals surface area (Å²) in [4.78, 5) is 23.3. The predicted molar refractivity (Wildman–Crippen MR) is 116 cm³/mol. The maximum Gasteiger partial charge on any atom is 0.318 e. The highest BCUT2D eigenvalue weighted by Crippen LogP contribution is 2.27. The van der Waals surface area contributed by atoms with Crippen molar-refractivity contribution < 1.29 is 19.1 Å². The Labute approximate surface area is 177 Å². The second kappa shape index (κ2) is 11.4. The molecule has 154 valence electrons. The van der Waals surface area contributed by atoms with Crippen molar-refractivity contribution in [3.63, 3.8) is 0 Å². The van der Waals surface area contributed by atoms with Gasteiger partial charge in [-0.1, -0.05) is 42.5 Å². The largest absolute Gasteiger partial charge is 0.497 e. The lowest BCUT2D eigenvalue weighted by Gasteiger charge is -2.14. The average Bonchev–Trinajstić information content (AvgIpc) is 2.73. The number of carbonyl (C=O) groups excluding carboxylic acids is 2. The lowest BCUT2D eigenvalue weighted by molar-refractivity contribution is -0.142. The molecular weight excluding hydrogens is 378 g/mol. The Morgan fingerprint density at radius 3 is 2.33 bits per heavy atom.